The number of aromatic hydroxyl groups is 1. The first kappa shape index (κ1) is 17.2. The fourth-order valence-electron chi connectivity index (χ4n) is 2.15. The minimum Gasteiger partial charge on any atom is -0.506 e. The molecule has 1 fully saturated rings. The number of nitro groups is 1. The van der Waals surface area contributed by atoms with E-state index in [0.29, 0.717) is 0 Å². The van der Waals surface area contributed by atoms with Crippen molar-refractivity contribution in [1.29, 1.82) is 0 Å². The predicted molar refractivity (Wildman–Crippen MR) is 85.5 cm³/mol. The van der Waals surface area contributed by atoms with Crippen LogP contribution in [0.5, 0.6) is 5.75 Å². The normalized spacial score (nSPS) is 20.9. The van der Waals surface area contributed by atoms with Crippen LogP contribution in [-0.4, -0.2) is 28.4 Å². The summed E-state index contributed by atoms with van der Waals surface area (Å²) in [6, 6.07) is 2.45. The van der Waals surface area contributed by atoms with Crippen molar-refractivity contribution in [3.8, 4) is 5.75 Å². The Kier molecular flexibility index (Phi) is 4.29. The lowest BCUT2D eigenvalue weighted by molar-refractivity contribution is -0.385. The summed E-state index contributed by atoms with van der Waals surface area (Å²) in [6.07, 6.45) is 0. The lowest BCUT2D eigenvalue weighted by Crippen LogP contribution is -2.41. The van der Waals surface area contributed by atoms with Crippen LogP contribution >= 0.6 is 15.9 Å². The van der Waals surface area contributed by atoms with Crippen LogP contribution in [0.4, 0.5) is 5.69 Å². The number of phenols is 1. The van der Waals surface area contributed by atoms with E-state index in [0.717, 1.165) is 0 Å². The van der Waals surface area contributed by atoms with Crippen molar-refractivity contribution in [3.05, 3.63) is 32.3 Å². The lowest BCUT2D eigenvalue weighted by atomic mass is 9.74. The molecule has 0 unspecified atom stereocenters. The van der Waals surface area contributed by atoms with Crippen LogP contribution in [0.25, 0.3) is 0 Å². The molecule has 0 bridgehead atoms. The number of non-ortho nitro benzene ring substituents is 1. The van der Waals surface area contributed by atoms with E-state index in [9.17, 15) is 15.2 Å². The molecule has 2 rings (SSSR count). The summed E-state index contributed by atoms with van der Waals surface area (Å²) in [7, 11) is -0.815. The molecule has 1 atom stereocenters. The van der Waals surface area contributed by atoms with Gasteiger partial charge >= 0.3 is 7.12 Å². The summed E-state index contributed by atoms with van der Waals surface area (Å²) in [5, 5.41) is 21.1. The van der Waals surface area contributed by atoms with E-state index < -0.39 is 29.2 Å². The first-order valence-corrected chi connectivity index (χ1v) is 7.53. The molecule has 1 aromatic rings. The maximum absolute atomic E-state index is 11.0. The molecule has 1 aliphatic rings. The molecule has 0 aliphatic carbocycles. The van der Waals surface area contributed by atoms with Crippen molar-refractivity contribution < 1.29 is 19.3 Å². The number of nitrogens with zero attached hydrogens (tertiary/aromatic N) is 1. The number of hydrogen-bond acceptors (Lipinski definition) is 6. The van der Waals surface area contributed by atoms with Crippen LogP contribution < -0.4 is 5.73 Å². The van der Waals surface area contributed by atoms with Gasteiger partial charge in [-0.05, 0) is 43.6 Å². The number of benzene rings is 1. The van der Waals surface area contributed by atoms with Crippen LogP contribution in [0, 0.1) is 10.1 Å². The van der Waals surface area contributed by atoms with E-state index in [1.165, 1.54) is 12.1 Å². The van der Waals surface area contributed by atoms with E-state index in [1.807, 2.05) is 27.7 Å². The Morgan fingerprint density at radius 3 is 2.27 bits per heavy atom. The van der Waals surface area contributed by atoms with Crippen molar-refractivity contribution in [2.75, 3.05) is 0 Å². The lowest BCUT2D eigenvalue weighted by Gasteiger charge is -2.32. The second-order valence-corrected chi connectivity index (χ2v) is 7.13. The van der Waals surface area contributed by atoms with Gasteiger partial charge in [0.1, 0.15) is 5.75 Å². The van der Waals surface area contributed by atoms with Gasteiger partial charge in [-0.3, -0.25) is 10.1 Å². The molecule has 1 aromatic carbocycles. The molecule has 1 saturated heterocycles. The average Bonchev–Trinajstić information content (AvgIpc) is 2.60. The first-order chi connectivity index (χ1) is 9.96. The molecular weight excluding hydrogens is 355 g/mol. The van der Waals surface area contributed by atoms with E-state index in [2.05, 4.69) is 15.9 Å². The molecule has 0 saturated carbocycles. The van der Waals surface area contributed by atoms with Gasteiger partial charge in [0.15, 0.2) is 0 Å². The third-order valence-corrected chi connectivity index (χ3v) is 4.82. The molecule has 22 heavy (non-hydrogen) atoms. The van der Waals surface area contributed by atoms with E-state index in [-0.39, 0.29) is 21.5 Å². The number of nitrogens with two attached hydrogens (primary N) is 1. The number of phenolic OH excluding ortho intramolecular Hbond substituents is 1. The van der Waals surface area contributed by atoms with Crippen LogP contribution in [0.1, 0.15) is 39.2 Å². The Morgan fingerprint density at radius 2 is 1.82 bits per heavy atom. The van der Waals surface area contributed by atoms with Crippen LogP contribution in [0.15, 0.2) is 16.6 Å². The monoisotopic (exact) mass is 372 g/mol. The van der Waals surface area contributed by atoms with E-state index in [4.69, 9.17) is 15.0 Å². The number of rotatable bonds is 3. The van der Waals surface area contributed by atoms with Gasteiger partial charge in [-0.25, -0.2) is 0 Å². The fourth-order valence-corrected chi connectivity index (χ4v) is 2.61. The van der Waals surface area contributed by atoms with Gasteiger partial charge in [0.25, 0.3) is 5.69 Å². The van der Waals surface area contributed by atoms with E-state index >= 15 is 0 Å². The Bertz CT molecular complexity index is 607. The summed E-state index contributed by atoms with van der Waals surface area (Å²) in [5.41, 5.74) is 4.99. The van der Waals surface area contributed by atoms with Crippen LogP contribution in [-0.2, 0) is 9.31 Å². The van der Waals surface area contributed by atoms with Crippen molar-refractivity contribution in [3.63, 3.8) is 0 Å². The van der Waals surface area contributed by atoms with E-state index in [1.54, 1.807) is 0 Å². The average molecular weight is 373 g/mol. The van der Waals surface area contributed by atoms with Crippen LogP contribution in [0.2, 0.25) is 0 Å². The Hall–Kier alpha value is -1.16. The van der Waals surface area contributed by atoms with Gasteiger partial charge < -0.3 is 20.1 Å². The summed E-state index contributed by atoms with van der Waals surface area (Å²) < 4.78 is 11.9. The SMILES string of the molecule is CC1(C)OB([C@@H](N)c2cc([N+](=O)[O-])cc(Br)c2O)OC1(C)C. The second-order valence-electron chi connectivity index (χ2n) is 6.27. The Balaban J connectivity index is 2.39. The van der Waals surface area contributed by atoms with Crippen molar-refractivity contribution in [2.24, 2.45) is 5.73 Å². The zero-order valence-corrected chi connectivity index (χ0v) is 14.4. The maximum Gasteiger partial charge on any atom is 0.480 e. The molecule has 1 aliphatic heterocycles. The Labute approximate surface area is 137 Å². The van der Waals surface area contributed by atoms with Gasteiger partial charge in [-0.2, -0.15) is 0 Å². The van der Waals surface area contributed by atoms with Gasteiger partial charge in [0.05, 0.1) is 26.5 Å². The van der Waals surface area contributed by atoms with Crippen molar-refractivity contribution in [1.82, 2.24) is 0 Å². The standard InChI is InChI=1S/C13H18BBrN2O5/c1-12(2)13(3,4)22-14(21-12)11(16)8-5-7(17(19)20)6-9(15)10(8)18/h5-6,11,18H,16H2,1-4H3/t11-/m0/s1. The number of nitro benzene ring substituents is 1. The highest BCUT2D eigenvalue weighted by Crippen LogP contribution is 2.42. The quantitative estimate of drug-likeness (QED) is 0.479. The molecule has 0 radical (unpaired) electrons. The summed E-state index contributed by atoms with van der Waals surface area (Å²) >= 11 is 3.10. The predicted octanol–water partition coefficient (Wildman–Crippen LogP) is 2.69. The third-order valence-electron chi connectivity index (χ3n) is 4.21. The van der Waals surface area contributed by atoms with Crippen molar-refractivity contribution >= 4 is 28.7 Å². The van der Waals surface area contributed by atoms with Crippen molar-refractivity contribution in [2.45, 2.75) is 44.8 Å². The molecule has 0 spiro atoms. The molecule has 3 N–H and O–H groups in total. The number of hydrogen-bond donors (Lipinski definition) is 2. The number of halogens is 1. The van der Waals surface area contributed by atoms with Gasteiger partial charge in [-0.15, -0.1) is 0 Å². The third kappa shape index (κ3) is 2.86. The van der Waals surface area contributed by atoms with Crippen LogP contribution in [0.3, 0.4) is 0 Å². The molecule has 120 valence electrons. The highest BCUT2D eigenvalue weighted by atomic mass is 79.9. The minimum atomic E-state index is -0.864. The topological polar surface area (TPSA) is 108 Å². The zero-order chi connectivity index (χ0) is 16.9. The molecule has 0 aromatic heterocycles. The zero-order valence-electron chi connectivity index (χ0n) is 12.8. The van der Waals surface area contributed by atoms with Gasteiger partial charge in [0, 0.05) is 17.7 Å². The first-order valence-electron chi connectivity index (χ1n) is 6.74. The Morgan fingerprint density at radius 1 is 1.32 bits per heavy atom. The smallest absolute Gasteiger partial charge is 0.480 e. The summed E-state index contributed by atoms with van der Waals surface area (Å²) in [4.78, 5) is 10.4. The minimum absolute atomic E-state index is 0.159. The second kappa shape index (κ2) is 5.49. The van der Waals surface area contributed by atoms with Gasteiger partial charge in [-0.1, -0.05) is 0 Å². The summed E-state index contributed by atoms with van der Waals surface area (Å²) in [6.45, 7) is 7.51. The maximum atomic E-state index is 11.0. The fraction of sp³-hybridized carbons (Fsp3) is 0.538. The molecule has 0 amide bonds. The highest BCUT2D eigenvalue weighted by Gasteiger charge is 2.53. The molecule has 7 nitrogen and oxygen atoms in total. The van der Waals surface area contributed by atoms with Gasteiger partial charge in [0.2, 0.25) is 0 Å². The largest absolute Gasteiger partial charge is 0.506 e. The summed E-state index contributed by atoms with van der Waals surface area (Å²) in [5.74, 6) is -1.02. The highest BCUT2D eigenvalue weighted by molar-refractivity contribution is 9.10. The molecule has 9 heteroatoms. The molecule has 1 heterocycles. The molecular formula is C13H18BBrN2O5.